The number of benzene rings is 1. The van der Waals surface area contributed by atoms with Crippen LogP contribution in [0.1, 0.15) is 19.4 Å². The van der Waals surface area contributed by atoms with Crippen molar-refractivity contribution in [3.05, 3.63) is 23.8 Å². The molecule has 1 aliphatic rings. The van der Waals surface area contributed by atoms with E-state index in [-0.39, 0.29) is 17.3 Å². The van der Waals surface area contributed by atoms with Crippen LogP contribution < -0.4 is 4.74 Å². The summed E-state index contributed by atoms with van der Waals surface area (Å²) in [6.45, 7) is 4.43. The lowest BCUT2D eigenvalue weighted by molar-refractivity contribution is -0.00776. The van der Waals surface area contributed by atoms with Crippen LogP contribution in [0.2, 0.25) is 0 Å². The van der Waals surface area contributed by atoms with E-state index < -0.39 is 15.6 Å². The highest BCUT2D eigenvalue weighted by Crippen LogP contribution is 2.33. The van der Waals surface area contributed by atoms with Crippen LogP contribution in [-0.2, 0) is 21.4 Å². The number of hydrogen-bond acceptors (Lipinski definition) is 5. The molecule has 0 bridgehead atoms. The van der Waals surface area contributed by atoms with Crippen molar-refractivity contribution < 1.29 is 23.0 Å². The van der Waals surface area contributed by atoms with E-state index in [0.29, 0.717) is 25.3 Å². The summed E-state index contributed by atoms with van der Waals surface area (Å²) in [5.41, 5.74) is -0.0995. The molecule has 2 rings (SSSR count). The van der Waals surface area contributed by atoms with Gasteiger partial charge in [-0.3, -0.25) is 0 Å². The normalized spacial score (nSPS) is 19.4. The van der Waals surface area contributed by atoms with Gasteiger partial charge in [0.15, 0.2) is 0 Å². The molecule has 1 aromatic rings. The summed E-state index contributed by atoms with van der Waals surface area (Å²) in [4.78, 5) is 0.0755. The van der Waals surface area contributed by atoms with Crippen molar-refractivity contribution in [2.75, 3.05) is 26.9 Å². The predicted molar refractivity (Wildman–Crippen MR) is 77.7 cm³/mol. The standard InChI is InChI=1S/C14H21NO5S/c1-14(2)10-20-7-6-15(14)21(17,18)13-8-11(9-16)4-5-12(13)19-3/h4-5,8,16H,6-7,9-10H2,1-3H3. The Bertz CT molecular complexity index is 612. The average Bonchev–Trinajstić information content (AvgIpc) is 2.45. The van der Waals surface area contributed by atoms with Crippen LogP contribution in [0.5, 0.6) is 5.75 Å². The molecule has 7 heteroatoms. The van der Waals surface area contributed by atoms with E-state index in [1.165, 1.54) is 17.5 Å². The number of rotatable bonds is 4. The predicted octanol–water partition coefficient (Wildman–Crippen LogP) is 0.987. The maximum atomic E-state index is 13.0. The number of aliphatic hydroxyl groups is 1. The largest absolute Gasteiger partial charge is 0.495 e. The zero-order valence-electron chi connectivity index (χ0n) is 12.5. The first-order valence-electron chi connectivity index (χ1n) is 6.71. The van der Waals surface area contributed by atoms with Gasteiger partial charge in [0.2, 0.25) is 10.0 Å². The summed E-state index contributed by atoms with van der Waals surface area (Å²) in [7, 11) is -2.30. The molecule has 0 aliphatic carbocycles. The Hall–Kier alpha value is -1.15. The number of ether oxygens (including phenoxy) is 2. The molecule has 0 radical (unpaired) electrons. The molecule has 118 valence electrons. The highest BCUT2D eigenvalue weighted by molar-refractivity contribution is 7.89. The van der Waals surface area contributed by atoms with Crippen molar-refractivity contribution in [3.8, 4) is 5.75 Å². The monoisotopic (exact) mass is 315 g/mol. The second-order valence-electron chi connectivity index (χ2n) is 5.59. The molecule has 0 atom stereocenters. The van der Waals surface area contributed by atoms with Gasteiger partial charge in [-0.1, -0.05) is 6.07 Å². The molecule has 0 spiro atoms. The van der Waals surface area contributed by atoms with Crippen LogP contribution in [0.4, 0.5) is 0 Å². The Morgan fingerprint density at radius 2 is 2.14 bits per heavy atom. The van der Waals surface area contributed by atoms with Gasteiger partial charge in [0.05, 0.1) is 32.5 Å². The number of morpholine rings is 1. The molecule has 1 aromatic carbocycles. The quantitative estimate of drug-likeness (QED) is 0.896. The lowest BCUT2D eigenvalue weighted by atomic mass is 10.1. The molecule has 6 nitrogen and oxygen atoms in total. The van der Waals surface area contributed by atoms with Crippen molar-refractivity contribution in [2.45, 2.75) is 30.9 Å². The Morgan fingerprint density at radius 1 is 1.43 bits per heavy atom. The lowest BCUT2D eigenvalue weighted by Gasteiger charge is -2.40. The molecule has 1 aliphatic heterocycles. The minimum absolute atomic E-state index is 0.0755. The second kappa shape index (κ2) is 5.92. The summed E-state index contributed by atoms with van der Waals surface area (Å²) in [6.07, 6.45) is 0. The number of nitrogens with zero attached hydrogens (tertiary/aromatic N) is 1. The topological polar surface area (TPSA) is 76.1 Å². The zero-order chi connectivity index (χ0) is 15.7. The van der Waals surface area contributed by atoms with Crippen molar-refractivity contribution in [3.63, 3.8) is 0 Å². The maximum absolute atomic E-state index is 13.0. The molecule has 1 heterocycles. The van der Waals surface area contributed by atoms with Crippen LogP contribution in [0.15, 0.2) is 23.1 Å². The third-order valence-corrected chi connectivity index (χ3v) is 5.68. The van der Waals surface area contributed by atoms with Gasteiger partial charge in [-0.05, 0) is 31.5 Å². The number of methoxy groups -OCH3 is 1. The summed E-state index contributed by atoms with van der Waals surface area (Å²) in [5.74, 6) is 0.273. The zero-order valence-corrected chi connectivity index (χ0v) is 13.3. The van der Waals surface area contributed by atoms with E-state index in [2.05, 4.69) is 0 Å². The number of aliphatic hydroxyl groups excluding tert-OH is 1. The van der Waals surface area contributed by atoms with Crippen LogP contribution in [0, 0.1) is 0 Å². The van der Waals surface area contributed by atoms with Gasteiger partial charge in [0, 0.05) is 6.54 Å². The smallest absolute Gasteiger partial charge is 0.247 e. The molecule has 0 unspecified atom stereocenters. The average molecular weight is 315 g/mol. The van der Waals surface area contributed by atoms with Gasteiger partial charge >= 0.3 is 0 Å². The van der Waals surface area contributed by atoms with E-state index in [9.17, 15) is 13.5 Å². The Balaban J connectivity index is 2.52. The molecular weight excluding hydrogens is 294 g/mol. The SMILES string of the molecule is COc1ccc(CO)cc1S(=O)(=O)N1CCOCC1(C)C. The van der Waals surface area contributed by atoms with Gasteiger partial charge in [-0.25, -0.2) is 8.42 Å². The molecule has 0 amide bonds. The van der Waals surface area contributed by atoms with Gasteiger partial charge in [-0.2, -0.15) is 4.31 Å². The van der Waals surface area contributed by atoms with Crippen molar-refractivity contribution in [2.24, 2.45) is 0 Å². The van der Waals surface area contributed by atoms with E-state index >= 15 is 0 Å². The minimum Gasteiger partial charge on any atom is -0.495 e. The summed E-state index contributed by atoms with van der Waals surface area (Å²) < 4.78 is 37.9. The van der Waals surface area contributed by atoms with E-state index in [1.54, 1.807) is 12.1 Å². The molecular formula is C14H21NO5S. The first kappa shape index (κ1) is 16.2. The Labute approximate surface area is 125 Å². The summed E-state index contributed by atoms with van der Waals surface area (Å²) in [5, 5.41) is 9.24. The van der Waals surface area contributed by atoms with Crippen LogP contribution in [-0.4, -0.2) is 50.2 Å². The van der Waals surface area contributed by atoms with E-state index in [0.717, 1.165) is 0 Å². The third kappa shape index (κ3) is 3.06. The number of hydrogen-bond donors (Lipinski definition) is 1. The van der Waals surface area contributed by atoms with Crippen LogP contribution >= 0.6 is 0 Å². The first-order valence-corrected chi connectivity index (χ1v) is 8.15. The van der Waals surface area contributed by atoms with Gasteiger partial charge in [0.25, 0.3) is 0 Å². The van der Waals surface area contributed by atoms with Crippen LogP contribution in [0.3, 0.4) is 0 Å². The molecule has 1 fully saturated rings. The highest BCUT2D eigenvalue weighted by atomic mass is 32.2. The van der Waals surface area contributed by atoms with Gasteiger partial charge in [-0.15, -0.1) is 0 Å². The first-order chi connectivity index (χ1) is 9.82. The fourth-order valence-corrected chi connectivity index (χ4v) is 4.39. The molecule has 1 saturated heterocycles. The van der Waals surface area contributed by atoms with E-state index in [4.69, 9.17) is 9.47 Å². The maximum Gasteiger partial charge on any atom is 0.247 e. The fourth-order valence-electron chi connectivity index (χ4n) is 2.43. The van der Waals surface area contributed by atoms with Gasteiger partial charge in [0.1, 0.15) is 10.6 Å². The highest BCUT2D eigenvalue weighted by Gasteiger charge is 2.40. The van der Waals surface area contributed by atoms with Crippen LogP contribution in [0.25, 0.3) is 0 Å². The summed E-state index contributed by atoms with van der Waals surface area (Å²) in [6, 6.07) is 4.66. The Morgan fingerprint density at radius 3 is 2.71 bits per heavy atom. The lowest BCUT2D eigenvalue weighted by Crippen LogP contribution is -2.55. The van der Waals surface area contributed by atoms with Crippen molar-refractivity contribution in [1.29, 1.82) is 0 Å². The van der Waals surface area contributed by atoms with E-state index in [1.807, 2.05) is 13.8 Å². The van der Waals surface area contributed by atoms with Crippen molar-refractivity contribution >= 4 is 10.0 Å². The fraction of sp³-hybridized carbons (Fsp3) is 0.571. The molecule has 0 aromatic heterocycles. The van der Waals surface area contributed by atoms with Crippen molar-refractivity contribution in [1.82, 2.24) is 4.31 Å². The molecule has 21 heavy (non-hydrogen) atoms. The third-order valence-electron chi connectivity index (χ3n) is 3.55. The summed E-state index contributed by atoms with van der Waals surface area (Å²) >= 11 is 0. The molecule has 0 saturated carbocycles. The van der Waals surface area contributed by atoms with Gasteiger partial charge < -0.3 is 14.6 Å². The minimum atomic E-state index is -3.73. The second-order valence-corrected chi connectivity index (χ2v) is 7.42. The number of sulfonamides is 1. The molecule has 1 N–H and O–H groups in total. The Kier molecular flexibility index (Phi) is 4.57.